The Morgan fingerprint density at radius 3 is 2.75 bits per heavy atom. The van der Waals surface area contributed by atoms with E-state index >= 15 is 0 Å². The number of rotatable bonds is 5. The molecule has 1 amide bonds. The molecule has 0 aliphatic heterocycles. The SMILES string of the molecule is COc1ccccc1CCNC(=O)c1nc2ccccc2c(=O)[nH]1. The molecule has 122 valence electrons. The first kappa shape index (κ1) is 15.7. The average Bonchev–Trinajstić information content (AvgIpc) is 2.62. The summed E-state index contributed by atoms with van der Waals surface area (Å²) >= 11 is 0. The highest BCUT2D eigenvalue weighted by Gasteiger charge is 2.11. The molecule has 1 aromatic heterocycles. The number of carbonyl (C=O) groups excluding carboxylic acids is 1. The summed E-state index contributed by atoms with van der Waals surface area (Å²) in [6.07, 6.45) is 0.619. The van der Waals surface area contributed by atoms with Crippen LogP contribution in [0, 0.1) is 0 Å². The molecule has 24 heavy (non-hydrogen) atoms. The number of methoxy groups -OCH3 is 1. The fourth-order valence-corrected chi connectivity index (χ4v) is 2.50. The van der Waals surface area contributed by atoms with Crippen LogP contribution in [0.4, 0.5) is 0 Å². The van der Waals surface area contributed by atoms with E-state index < -0.39 is 5.91 Å². The second-order valence-electron chi connectivity index (χ2n) is 5.25. The first-order valence-electron chi connectivity index (χ1n) is 7.58. The normalized spacial score (nSPS) is 10.5. The Morgan fingerprint density at radius 2 is 1.92 bits per heavy atom. The van der Waals surface area contributed by atoms with E-state index in [-0.39, 0.29) is 11.4 Å². The van der Waals surface area contributed by atoms with Gasteiger partial charge in [-0.1, -0.05) is 30.3 Å². The fourth-order valence-electron chi connectivity index (χ4n) is 2.50. The molecular formula is C18H17N3O3. The van der Waals surface area contributed by atoms with Gasteiger partial charge in [0.15, 0.2) is 5.82 Å². The van der Waals surface area contributed by atoms with Crippen LogP contribution in [0.15, 0.2) is 53.3 Å². The summed E-state index contributed by atoms with van der Waals surface area (Å²) in [4.78, 5) is 30.9. The number of amides is 1. The summed E-state index contributed by atoms with van der Waals surface area (Å²) in [5, 5.41) is 3.22. The standard InChI is InChI=1S/C18H17N3O3/c1-24-15-9-5-2-6-12(15)10-11-19-18(23)16-20-14-8-4-3-7-13(14)17(22)21-16/h2-9H,10-11H2,1H3,(H,19,23)(H,20,21,22). The summed E-state index contributed by atoms with van der Waals surface area (Å²) in [5.74, 6) is 0.385. The van der Waals surface area contributed by atoms with Crippen LogP contribution in [-0.4, -0.2) is 29.5 Å². The van der Waals surface area contributed by atoms with Crippen molar-refractivity contribution in [2.24, 2.45) is 0 Å². The van der Waals surface area contributed by atoms with Gasteiger partial charge in [-0.2, -0.15) is 0 Å². The van der Waals surface area contributed by atoms with E-state index in [2.05, 4.69) is 15.3 Å². The number of nitrogens with zero attached hydrogens (tertiary/aromatic N) is 1. The van der Waals surface area contributed by atoms with Gasteiger partial charge < -0.3 is 15.0 Å². The smallest absolute Gasteiger partial charge is 0.287 e. The van der Waals surface area contributed by atoms with Crippen molar-refractivity contribution in [3.05, 3.63) is 70.3 Å². The van der Waals surface area contributed by atoms with Crippen LogP contribution < -0.4 is 15.6 Å². The molecule has 1 heterocycles. The number of nitrogens with one attached hydrogen (secondary N) is 2. The van der Waals surface area contributed by atoms with Gasteiger partial charge in [-0.05, 0) is 30.2 Å². The molecule has 0 saturated carbocycles. The lowest BCUT2D eigenvalue weighted by Gasteiger charge is -2.09. The van der Waals surface area contributed by atoms with Gasteiger partial charge in [0.25, 0.3) is 11.5 Å². The number of aromatic amines is 1. The molecule has 3 aromatic rings. The van der Waals surface area contributed by atoms with Crippen molar-refractivity contribution in [3.8, 4) is 5.75 Å². The van der Waals surface area contributed by atoms with E-state index in [4.69, 9.17) is 4.74 Å². The quantitative estimate of drug-likeness (QED) is 0.751. The molecule has 6 heteroatoms. The fraction of sp³-hybridized carbons (Fsp3) is 0.167. The van der Waals surface area contributed by atoms with Gasteiger partial charge in [-0.3, -0.25) is 9.59 Å². The topological polar surface area (TPSA) is 84.1 Å². The Bertz CT molecular complexity index is 934. The molecule has 0 aliphatic carbocycles. The summed E-state index contributed by atoms with van der Waals surface area (Å²) in [6, 6.07) is 14.5. The number of H-pyrrole nitrogens is 1. The Balaban J connectivity index is 1.70. The molecular weight excluding hydrogens is 306 g/mol. The maximum atomic E-state index is 12.2. The molecule has 3 rings (SSSR count). The van der Waals surface area contributed by atoms with Crippen LogP contribution in [0.5, 0.6) is 5.75 Å². The van der Waals surface area contributed by atoms with Gasteiger partial charge in [0, 0.05) is 6.54 Å². The second-order valence-corrected chi connectivity index (χ2v) is 5.25. The van der Waals surface area contributed by atoms with Gasteiger partial charge in [-0.15, -0.1) is 0 Å². The van der Waals surface area contributed by atoms with Gasteiger partial charge in [0.1, 0.15) is 5.75 Å². The average molecular weight is 323 g/mol. The van der Waals surface area contributed by atoms with Crippen LogP contribution in [0.3, 0.4) is 0 Å². The first-order chi connectivity index (χ1) is 11.7. The number of aromatic nitrogens is 2. The number of benzene rings is 2. The van der Waals surface area contributed by atoms with Crippen LogP contribution in [0.1, 0.15) is 16.2 Å². The Labute approximate surface area is 138 Å². The van der Waals surface area contributed by atoms with Crippen LogP contribution in [0.25, 0.3) is 10.9 Å². The maximum Gasteiger partial charge on any atom is 0.287 e. The number of hydrogen-bond acceptors (Lipinski definition) is 4. The van der Waals surface area contributed by atoms with Crippen LogP contribution >= 0.6 is 0 Å². The molecule has 0 fully saturated rings. The molecule has 0 saturated heterocycles. The summed E-state index contributed by atoms with van der Waals surface area (Å²) < 4.78 is 5.28. The summed E-state index contributed by atoms with van der Waals surface area (Å²) in [7, 11) is 1.61. The molecule has 0 atom stereocenters. The summed E-state index contributed by atoms with van der Waals surface area (Å²) in [6.45, 7) is 0.412. The monoisotopic (exact) mass is 323 g/mol. The van der Waals surface area contributed by atoms with Gasteiger partial charge in [-0.25, -0.2) is 4.98 Å². The highest BCUT2D eigenvalue weighted by molar-refractivity contribution is 5.92. The predicted octanol–water partition coefficient (Wildman–Crippen LogP) is 1.90. The molecule has 0 radical (unpaired) electrons. The molecule has 0 unspecified atom stereocenters. The number of hydrogen-bond donors (Lipinski definition) is 2. The minimum atomic E-state index is -0.409. The van der Waals surface area contributed by atoms with Gasteiger partial charge >= 0.3 is 0 Å². The number of ether oxygens (including phenoxy) is 1. The van der Waals surface area contributed by atoms with Gasteiger partial charge in [0.2, 0.25) is 0 Å². The molecule has 2 aromatic carbocycles. The van der Waals surface area contributed by atoms with Crippen molar-refractivity contribution >= 4 is 16.8 Å². The lowest BCUT2D eigenvalue weighted by atomic mass is 10.1. The molecule has 2 N–H and O–H groups in total. The molecule has 0 aliphatic rings. The van der Waals surface area contributed by atoms with Crippen molar-refractivity contribution in [1.29, 1.82) is 0 Å². The Morgan fingerprint density at radius 1 is 1.17 bits per heavy atom. The lowest BCUT2D eigenvalue weighted by Crippen LogP contribution is -2.29. The second kappa shape index (κ2) is 6.95. The Hall–Kier alpha value is -3.15. The van der Waals surface area contributed by atoms with E-state index in [9.17, 15) is 9.59 Å². The third-order valence-corrected chi connectivity index (χ3v) is 3.70. The highest BCUT2D eigenvalue weighted by atomic mass is 16.5. The first-order valence-corrected chi connectivity index (χ1v) is 7.58. The lowest BCUT2D eigenvalue weighted by molar-refractivity contribution is 0.0943. The van der Waals surface area contributed by atoms with Crippen molar-refractivity contribution in [3.63, 3.8) is 0 Å². The third-order valence-electron chi connectivity index (χ3n) is 3.70. The minimum Gasteiger partial charge on any atom is -0.496 e. The van der Waals surface area contributed by atoms with E-state index in [1.54, 1.807) is 31.4 Å². The third kappa shape index (κ3) is 3.27. The predicted molar refractivity (Wildman–Crippen MR) is 91.4 cm³/mol. The number of fused-ring (bicyclic) bond motifs is 1. The van der Waals surface area contributed by atoms with Crippen LogP contribution in [-0.2, 0) is 6.42 Å². The van der Waals surface area contributed by atoms with E-state index in [0.717, 1.165) is 11.3 Å². The maximum absolute atomic E-state index is 12.2. The zero-order valence-corrected chi connectivity index (χ0v) is 13.2. The minimum absolute atomic E-state index is 0.0127. The number of para-hydroxylation sites is 2. The highest BCUT2D eigenvalue weighted by Crippen LogP contribution is 2.17. The van der Waals surface area contributed by atoms with E-state index in [1.165, 1.54) is 0 Å². The van der Waals surface area contributed by atoms with Crippen molar-refractivity contribution in [1.82, 2.24) is 15.3 Å². The molecule has 0 bridgehead atoms. The summed E-state index contributed by atoms with van der Waals surface area (Å²) in [5.41, 5.74) is 1.17. The van der Waals surface area contributed by atoms with Crippen molar-refractivity contribution < 1.29 is 9.53 Å². The molecule has 6 nitrogen and oxygen atoms in total. The van der Waals surface area contributed by atoms with Gasteiger partial charge in [0.05, 0.1) is 18.0 Å². The zero-order chi connectivity index (χ0) is 16.9. The van der Waals surface area contributed by atoms with Crippen LogP contribution in [0.2, 0.25) is 0 Å². The Kier molecular flexibility index (Phi) is 4.56. The van der Waals surface area contributed by atoms with Crippen molar-refractivity contribution in [2.75, 3.05) is 13.7 Å². The largest absolute Gasteiger partial charge is 0.496 e. The van der Waals surface area contributed by atoms with Crippen molar-refractivity contribution in [2.45, 2.75) is 6.42 Å². The van der Waals surface area contributed by atoms with E-state index in [1.807, 2.05) is 24.3 Å². The van der Waals surface area contributed by atoms with E-state index in [0.29, 0.717) is 23.9 Å². The number of carbonyl (C=O) groups is 1. The molecule has 0 spiro atoms. The zero-order valence-electron chi connectivity index (χ0n) is 13.2.